The molecule has 0 bridgehead atoms. The fourth-order valence-electron chi connectivity index (χ4n) is 2.32. The van der Waals surface area contributed by atoms with Crippen LogP contribution in [0.1, 0.15) is 24.2 Å². The number of aromatic nitrogens is 2. The Bertz CT molecular complexity index is 924. The number of benzene rings is 2. The third-order valence-electron chi connectivity index (χ3n) is 3.49. The van der Waals surface area contributed by atoms with Crippen LogP contribution in [-0.4, -0.2) is 29.4 Å². The maximum atomic E-state index is 12.5. The molecule has 0 saturated carbocycles. The third kappa shape index (κ3) is 4.38. The van der Waals surface area contributed by atoms with Crippen LogP contribution in [0.4, 0.5) is 0 Å². The number of rotatable bonds is 6. The second-order valence-electron chi connectivity index (χ2n) is 5.81. The Hall–Kier alpha value is -3.06. The van der Waals surface area contributed by atoms with E-state index in [4.69, 9.17) is 30.2 Å². The first kappa shape index (κ1) is 18.7. The Labute approximate surface area is 160 Å². The molecule has 0 unspecified atom stereocenters. The molecule has 140 valence electrons. The van der Waals surface area contributed by atoms with E-state index in [0.29, 0.717) is 28.7 Å². The molecule has 1 heterocycles. The summed E-state index contributed by atoms with van der Waals surface area (Å²) in [6.45, 7) is 3.74. The highest BCUT2D eigenvalue weighted by molar-refractivity contribution is 6.32. The number of methoxy groups -OCH3 is 1. The second-order valence-corrected chi connectivity index (χ2v) is 6.22. The lowest BCUT2D eigenvalue weighted by Gasteiger charge is -2.16. The van der Waals surface area contributed by atoms with Crippen molar-refractivity contribution in [1.29, 1.82) is 0 Å². The Morgan fingerprint density at radius 1 is 1.19 bits per heavy atom. The van der Waals surface area contributed by atoms with Crippen molar-refractivity contribution in [2.24, 2.45) is 0 Å². The van der Waals surface area contributed by atoms with Gasteiger partial charge in [-0.1, -0.05) is 11.6 Å². The number of ether oxygens (including phenoxy) is 3. The Morgan fingerprint density at radius 3 is 2.52 bits per heavy atom. The topological polar surface area (TPSA) is 83.7 Å². The zero-order valence-electron chi connectivity index (χ0n) is 14.9. The summed E-state index contributed by atoms with van der Waals surface area (Å²) in [5.41, 5.74) is 0.959. The molecule has 27 heavy (non-hydrogen) atoms. The molecule has 0 amide bonds. The molecular formula is C19H17ClN2O5. The van der Waals surface area contributed by atoms with Crippen LogP contribution >= 0.6 is 11.6 Å². The second kappa shape index (κ2) is 8.09. The molecule has 0 aliphatic carbocycles. The molecule has 0 aliphatic rings. The highest BCUT2D eigenvalue weighted by Crippen LogP contribution is 2.37. The average Bonchev–Trinajstić information content (AvgIpc) is 3.18. The molecular weight excluding hydrogens is 372 g/mol. The predicted molar refractivity (Wildman–Crippen MR) is 98.5 cm³/mol. The van der Waals surface area contributed by atoms with Crippen LogP contribution in [0.2, 0.25) is 5.02 Å². The summed E-state index contributed by atoms with van der Waals surface area (Å²) in [4.78, 5) is 12.5. The predicted octanol–water partition coefficient (Wildman–Crippen LogP) is 4.41. The van der Waals surface area contributed by atoms with Crippen LogP contribution in [0, 0.1) is 0 Å². The van der Waals surface area contributed by atoms with Gasteiger partial charge >= 0.3 is 5.97 Å². The first-order valence-electron chi connectivity index (χ1n) is 8.11. The van der Waals surface area contributed by atoms with Gasteiger partial charge < -0.3 is 18.6 Å². The van der Waals surface area contributed by atoms with Crippen LogP contribution in [-0.2, 0) is 0 Å². The van der Waals surface area contributed by atoms with Crippen molar-refractivity contribution < 1.29 is 23.4 Å². The molecule has 3 rings (SSSR count). The number of carbonyl (C=O) groups excluding carboxylic acids is 1. The number of esters is 1. The average molecular weight is 389 g/mol. The lowest BCUT2D eigenvalue weighted by molar-refractivity contribution is 0.0734. The molecule has 7 nitrogen and oxygen atoms in total. The minimum atomic E-state index is -0.572. The molecule has 8 heteroatoms. The minimum absolute atomic E-state index is 0.0911. The maximum absolute atomic E-state index is 12.5. The van der Waals surface area contributed by atoms with Crippen LogP contribution in [0.3, 0.4) is 0 Å². The van der Waals surface area contributed by atoms with E-state index in [-0.39, 0.29) is 16.7 Å². The number of hydrogen-bond donors (Lipinski definition) is 0. The monoisotopic (exact) mass is 388 g/mol. The Balaban J connectivity index is 1.78. The van der Waals surface area contributed by atoms with E-state index in [1.165, 1.54) is 25.6 Å². The zero-order valence-corrected chi connectivity index (χ0v) is 15.7. The van der Waals surface area contributed by atoms with Crippen LogP contribution in [0.15, 0.2) is 47.2 Å². The standard InChI is InChI=1S/C19H17ClN2O5/c1-11(2)26-17-15(20)8-13(9-16(17)24-3)19(23)27-14-6-4-12(5-7-14)18-22-21-10-25-18/h4-11H,1-3H3. The van der Waals surface area contributed by atoms with Crippen molar-refractivity contribution in [3.8, 4) is 28.7 Å². The highest BCUT2D eigenvalue weighted by Gasteiger charge is 2.18. The molecule has 1 aromatic heterocycles. The summed E-state index contributed by atoms with van der Waals surface area (Å²) in [7, 11) is 1.48. The molecule has 0 radical (unpaired) electrons. The van der Waals surface area contributed by atoms with Crippen molar-refractivity contribution >= 4 is 17.6 Å². The van der Waals surface area contributed by atoms with Crippen molar-refractivity contribution in [3.63, 3.8) is 0 Å². The van der Waals surface area contributed by atoms with Gasteiger partial charge in [0, 0.05) is 5.56 Å². The minimum Gasteiger partial charge on any atom is -0.493 e. The van der Waals surface area contributed by atoms with Gasteiger partial charge in [0.25, 0.3) is 0 Å². The smallest absolute Gasteiger partial charge is 0.343 e. The SMILES string of the molecule is COc1cc(C(=O)Oc2ccc(-c3nnco3)cc2)cc(Cl)c1OC(C)C. The number of halogens is 1. The van der Waals surface area contributed by atoms with E-state index in [2.05, 4.69) is 10.2 Å². The molecule has 0 N–H and O–H groups in total. The first-order chi connectivity index (χ1) is 13.0. The summed E-state index contributed by atoms with van der Waals surface area (Å²) in [6.07, 6.45) is 1.15. The third-order valence-corrected chi connectivity index (χ3v) is 3.77. The van der Waals surface area contributed by atoms with Crippen molar-refractivity contribution in [2.45, 2.75) is 20.0 Å². The van der Waals surface area contributed by atoms with E-state index in [0.717, 1.165) is 0 Å². The highest BCUT2D eigenvalue weighted by atomic mass is 35.5. The van der Waals surface area contributed by atoms with Gasteiger partial charge in [0.05, 0.1) is 23.8 Å². The number of nitrogens with zero attached hydrogens (tertiary/aromatic N) is 2. The Morgan fingerprint density at radius 2 is 1.93 bits per heavy atom. The molecule has 0 atom stereocenters. The summed E-state index contributed by atoms with van der Waals surface area (Å²) < 4.78 is 21.4. The van der Waals surface area contributed by atoms with Gasteiger partial charge in [-0.15, -0.1) is 10.2 Å². The van der Waals surface area contributed by atoms with Crippen molar-refractivity contribution in [3.05, 3.63) is 53.4 Å². The normalized spacial score (nSPS) is 10.7. The number of hydrogen-bond acceptors (Lipinski definition) is 7. The lowest BCUT2D eigenvalue weighted by Crippen LogP contribution is -2.11. The van der Waals surface area contributed by atoms with Gasteiger partial charge in [-0.05, 0) is 50.2 Å². The van der Waals surface area contributed by atoms with Crippen molar-refractivity contribution in [2.75, 3.05) is 7.11 Å². The van der Waals surface area contributed by atoms with E-state index in [1.807, 2.05) is 13.8 Å². The number of carbonyl (C=O) groups is 1. The van der Waals surface area contributed by atoms with Gasteiger partial charge in [0.2, 0.25) is 12.3 Å². The largest absolute Gasteiger partial charge is 0.493 e. The zero-order chi connectivity index (χ0) is 19.4. The summed E-state index contributed by atoms with van der Waals surface area (Å²) >= 11 is 6.25. The van der Waals surface area contributed by atoms with Gasteiger partial charge in [-0.3, -0.25) is 0 Å². The fourth-order valence-corrected chi connectivity index (χ4v) is 2.57. The fraction of sp³-hybridized carbons (Fsp3) is 0.211. The molecule has 0 fully saturated rings. The van der Waals surface area contributed by atoms with Crippen LogP contribution < -0.4 is 14.2 Å². The molecule has 0 aliphatic heterocycles. The van der Waals surface area contributed by atoms with Gasteiger partial charge in [-0.2, -0.15) is 0 Å². The van der Waals surface area contributed by atoms with Crippen LogP contribution in [0.5, 0.6) is 17.2 Å². The van der Waals surface area contributed by atoms with E-state index < -0.39 is 5.97 Å². The van der Waals surface area contributed by atoms with Crippen molar-refractivity contribution in [1.82, 2.24) is 10.2 Å². The van der Waals surface area contributed by atoms with Crippen LogP contribution in [0.25, 0.3) is 11.5 Å². The summed E-state index contributed by atoms with van der Waals surface area (Å²) in [6, 6.07) is 9.70. The van der Waals surface area contributed by atoms with E-state index in [9.17, 15) is 4.79 Å². The van der Waals surface area contributed by atoms with E-state index >= 15 is 0 Å². The van der Waals surface area contributed by atoms with Gasteiger partial charge in [0.1, 0.15) is 5.75 Å². The quantitative estimate of drug-likeness (QED) is 0.457. The summed E-state index contributed by atoms with van der Waals surface area (Å²) in [5.74, 6) is 0.910. The first-order valence-corrected chi connectivity index (χ1v) is 8.48. The van der Waals surface area contributed by atoms with Gasteiger partial charge in [0.15, 0.2) is 11.5 Å². The lowest BCUT2D eigenvalue weighted by atomic mass is 10.2. The maximum Gasteiger partial charge on any atom is 0.343 e. The van der Waals surface area contributed by atoms with E-state index in [1.54, 1.807) is 24.3 Å². The molecule has 3 aromatic rings. The Kier molecular flexibility index (Phi) is 5.61. The molecule has 0 spiro atoms. The van der Waals surface area contributed by atoms with Gasteiger partial charge in [-0.25, -0.2) is 4.79 Å². The molecule has 0 saturated heterocycles. The molecule has 2 aromatic carbocycles. The summed E-state index contributed by atoms with van der Waals surface area (Å²) in [5, 5.41) is 7.70.